The molecule has 0 unspecified atom stereocenters. The van der Waals surface area contributed by atoms with Crippen LogP contribution in [-0.4, -0.2) is 11.3 Å². The lowest BCUT2D eigenvalue weighted by Gasteiger charge is -2.42. The Hall–Kier alpha value is -6.56. The van der Waals surface area contributed by atoms with Gasteiger partial charge in [-0.25, -0.2) is 0 Å². The average molecular weight is 747 g/mol. The van der Waals surface area contributed by atoms with Gasteiger partial charge in [-0.3, -0.25) is 0 Å². The van der Waals surface area contributed by atoms with E-state index in [0.717, 1.165) is 27.6 Å². The number of fused-ring (bicyclic) bond motifs is 15. The van der Waals surface area contributed by atoms with Crippen molar-refractivity contribution in [3.63, 3.8) is 0 Å². The average Bonchev–Trinajstić information content (AvgIpc) is 3.91. The van der Waals surface area contributed by atoms with Gasteiger partial charge in [0.1, 0.15) is 11.2 Å². The molecule has 3 nitrogen and oxygen atoms in total. The molecule has 0 N–H and O–H groups in total. The number of hydrogen-bond acceptors (Lipinski definition) is 3. The second-order valence-corrected chi connectivity index (χ2v) is 17.9. The molecule has 2 aliphatic heterocycles. The fraction of sp³-hybridized carbons (Fsp3) is 0.0769. The third-order valence-electron chi connectivity index (χ3n) is 12.7. The van der Waals surface area contributed by atoms with Crippen LogP contribution in [-0.2, 0) is 5.41 Å². The standard InChI is InChI=1S/C52H35BN2OS/c1-52(2,3)32-24-26-40(38(29-32)30-14-5-4-6-15-30)54-41-28-31-16-7-8-17-33(31)45-36-20-13-21-37-48(36)55(49-35-19-10-12-23-44(35)57-51(37)49)53(47(41)45)39-25-27-43-46(50(39)54)34-18-9-11-22-42(34)56-43/h4-29H,1-3H3. The second-order valence-electron chi connectivity index (χ2n) is 16.8. The van der Waals surface area contributed by atoms with E-state index in [-0.39, 0.29) is 12.3 Å². The maximum atomic E-state index is 6.73. The predicted octanol–water partition coefficient (Wildman–Crippen LogP) is 13.4. The van der Waals surface area contributed by atoms with Gasteiger partial charge in [0.2, 0.25) is 0 Å². The molecular formula is C52H35BN2OS. The second kappa shape index (κ2) is 11.1. The molecule has 0 amide bonds. The molecule has 0 fully saturated rings. The van der Waals surface area contributed by atoms with Crippen LogP contribution in [0.25, 0.3) is 86.2 Å². The van der Waals surface area contributed by atoms with Gasteiger partial charge in [-0.1, -0.05) is 142 Å². The minimum absolute atomic E-state index is 0.0265. The molecule has 2 aliphatic rings. The molecule has 0 saturated heterocycles. The minimum atomic E-state index is -0.0779. The molecule has 5 heteroatoms. The Balaban J connectivity index is 1.27. The Morgan fingerprint density at radius 3 is 2.19 bits per heavy atom. The van der Waals surface area contributed by atoms with E-state index >= 15 is 0 Å². The van der Waals surface area contributed by atoms with E-state index in [4.69, 9.17) is 4.42 Å². The molecule has 57 heavy (non-hydrogen) atoms. The number of furan rings is 1. The van der Waals surface area contributed by atoms with Gasteiger partial charge >= 0.3 is 6.85 Å². The first kappa shape index (κ1) is 31.6. The highest BCUT2D eigenvalue weighted by Crippen LogP contribution is 2.53. The summed E-state index contributed by atoms with van der Waals surface area (Å²) in [6.45, 7) is 6.85. The van der Waals surface area contributed by atoms with Crippen molar-refractivity contribution in [3.8, 4) is 22.3 Å². The van der Waals surface area contributed by atoms with Crippen molar-refractivity contribution < 1.29 is 4.42 Å². The largest absolute Gasteiger partial charge is 0.456 e. The lowest BCUT2D eigenvalue weighted by Crippen LogP contribution is -2.56. The first-order valence-corrected chi connectivity index (χ1v) is 20.7. The summed E-state index contributed by atoms with van der Waals surface area (Å²) in [6.07, 6.45) is 0. The molecule has 8 aromatic carbocycles. The fourth-order valence-electron chi connectivity index (χ4n) is 10.2. The molecule has 268 valence electrons. The first-order valence-electron chi connectivity index (χ1n) is 19.9. The molecule has 0 radical (unpaired) electrons. The van der Waals surface area contributed by atoms with Crippen LogP contribution < -0.4 is 15.8 Å². The molecule has 0 saturated carbocycles. The lowest BCUT2D eigenvalue weighted by atomic mass is 9.44. The van der Waals surface area contributed by atoms with Crippen LogP contribution in [0.4, 0.5) is 17.1 Å². The molecule has 0 atom stereocenters. The highest BCUT2D eigenvalue weighted by atomic mass is 32.1. The zero-order valence-corrected chi connectivity index (χ0v) is 32.6. The van der Waals surface area contributed by atoms with Gasteiger partial charge in [-0.05, 0) is 80.2 Å². The van der Waals surface area contributed by atoms with Gasteiger partial charge in [0.25, 0.3) is 0 Å². The Kier molecular flexibility index (Phi) is 6.14. The number of benzene rings is 8. The molecule has 0 bridgehead atoms. The van der Waals surface area contributed by atoms with Crippen molar-refractivity contribution in [1.82, 2.24) is 4.48 Å². The highest BCUT2D eigenvalue weighted by Gasteiger charge is 2.45. The van der Waals surface area contributed by atoms with E-state index < -0.39 is 0 Å². The molecule has 0 aliphatic carbocycles. The summed E-state index contributed by atoms with van der Waals surface area (Å²) < 4.78 is 12.1. The number of thiophene rings is 1. The number of rotatable bonds is 2. The normalized spacial score (nSPS) is 13.5. The summed E-state index contributed by atoms with van der Waals surface area (Å²) in [5, 5.41) is 7.45. The van der Waals surface area contributed by atoms with Crippen molar-refractivity contribution in [1.29, 1.82) is 0 Å². The summed E-state index contributed by atoms with van der Waals surface area (Å²) in [5.74, 6) is 0. The number of anilines is 3. The van der Waals surface area contributed by atoms with E-state index in [1.54, 1.807) is 0 Å². The van der Waals surface area contributed by atoms with Gasteiger partial charge in [-0.15, -0.1) is 11.3 Å². The Bertz CT molecular complexity index is 3530. The summed E-state index contributed by atoms with van der Waals surface area (Å²) in [7, 11) is 0. The zero-order chi connectivity index (χ0) is 37.7. The van der Waals surface area contributed by atoms with Crippen molar-refractivity contribution in [2.45, 2.75) is 26.2 Å². The fourth-order valence-corrected chi connectivity index (χ4v) is 11.5. The maximum Gasteiger partial charge on any atom is 0.333 e. The van der Waals surface area contributed by atoms with Crippen molar-refractivity contribution >= 4 is 110 Å². The minimum Gasteiger partial charge on any atom is -0.456 e. The number of para-hydroxylation sites is 2. The van der Waals surface area contributed by atoms with Gasteiger partial charge in [0.15, 0.2) is 0 Å². The highest BCUT2D eigenvalue weighted by molar-refractivity contribution is 7.27. The van der Waals surface area contributed by atoms with E-state index in [2.05, 4.69) is 188 Å². The SMILES string of the molecule is CC(C)(C)c1ccc(N2c3cc4ccccc4c4c3B(c3ccc5oc6ccccc6c5c32)n2c3c-4cccc3c3sc4ccccc4c32)c(-c2ccccc2)c1. The van der Waals surface area contributed by atoms with Crippen LogP contribution in [0.3, 0.4) is 0 Å². The number of nitrogens with zero attached hydrogens (tertiary/aromatic N) is 2. The smallest absolute Gasteiger partial charge is 0.333 e. The van der Waals surface area contributed by atoms with E-state index in [9.17, 15) is 0 Å². The number of hydrogen-bond donors (Lipinski definition) is 0. The zero-order valence-electron chi connectivity index (χ0n) is 31.8. The van der Waals surface area contributed by atoms with Crippen LogP contribution in [0.1, 0.15) is 26.3 Å². The lowest BCUT2D eigenvalue weighted by molar-refractivity contribution is 0.590. The van der Waals surface area contributed by atoms with Gasteiger partial charge in [0, 0.05) is 43.2 Å². The van der Waals surface area contributed by atoms with Crippen LogP contribution >= 0.6 is 11.3 Å². The van der Waals surface area contributed by atoms with Crippen molar-refractivity contribution in [2.75, 3.05) is 4.90 Å². The van der Waals surface area contributed by atoms with Crippen LogP contribution in [0.2, 0.25) is 0 Å². The van der Waals surface area contributed by atoms with Gasteiger partial charge < -0.3 is 13.8 Å². The number of aromatic nitrogens is 1. The molecule has 3 aromatic heterocycles. The predicted molar refractivity (Wildman–Crippen MR) is 244 cm³/mol. The first-order chi connectivity index (χ1) is 27.9. The molecule has 0 spiro atoms. The third-order valence-corrected chi connectivity index (χ3v) is 13.9. The Labute approximate surface area is 334 Å². The van der Waals surface area contributed by atoms with Crippen LogP contribution in [0, 0.1) is 0 Å². The maximum absolute atomic E-state index is 6.73. The summed E-state index contributed by atoms with van der Waals surface area (Å²) >= 11 is 1.92. The topological polar surface area (TPSA) is 21.3 Å². The van der Waals surface area contributed by atoms with Gasteiger partial charge in [0.05, 0.1) is 27.0 Å². The van der Waals surface area contributed by atoms with Crippen molar-refractivity contribution in [2.24, 2.45) is 0 Å². The van der Waals surface area contributed by atoms with Crippen molar-refractivity contribution in [3.05, 3.63) is 163 Å². The van der Waals surface area contributed by atoms with Gasteiger partial charge in [-0.2, -0.15) is 0 Å². The molecule has 5 heterocycles. The molecular weight excluding hydrogens is 711 g/mol. The van der Waals surface area contributed by atoms with E-state index in [0.29, 0.717) is 0 Å². The summed E-state index contributed by atoms with van der Waals surface area (Å²) in [6, 6.07) is 58.7. The Morgan fingerprint density at radius 2 is 1.33 bits per heavy atom. The molecule has 11 aromatic rings. The monoisotopic (exact) mass is 746 g/mol. The Morgan fingerprint density at radius 1 is 0.579 bits per heavy atom. The third kappa shape index (κ3) is 4.12. The van der Waals surface area contributed by atoms with Crippen LogP contribution in [0.5, 0.6) is 0 Å². The quantitative estimate of drug-likeness (QED) is 0.164. The summed E-state index contributed by atoms with van der Waals surface area (Å²) in [4.78, 5) is 2.60. The van der Waals surface area contributed by atoms with Crippen LogP contribution in [0.15, 0.2) is 162 Å². The van der Waals surface area contributed by atoms with E-state index in [1.807, 2.05) is 11.3 Å². The van der Waals surface area contributed by atoms with E-state index in [1.165, 1.54) is 92.1 Å². The summed E-state index contributed by atoms with van der Waals surface area (Å²) in [5.41, 5.74) is 17.0. The molecule has 13 rings (SSSR count).